The van der Waals surface area contributed by atoms with Crippen molar-refractivity contribution in [1.29, 1.82) is 0 Å². The average molecular weight is 346 g/mol. The molecular formula is C25H18N2. The number of aromatic nitrogens is 2. The second-order valence-corrected chi connectivity index (χ2v) is 6.55. The molecule has 0 atom stereocenters. The summed E-state index contributed by atoms with van der Waals surface area (Å²) in [6.07, 6.45) is 1.83. The zero-order valence-corrected chi connectivity index (χ0v) is 14.8. The first-order valence-electron chi connectivity index (χ1n) is 9.08. The summed E-state index contributed by atoms with van der Waals surface area (Å²) in [6, 6.07) is 35.9. The lowest BCUT2D eigenvalue weighted by Crippen LogP contribution is -1.96. The second-order valence-electron chi connectivity index (χ2n) is 6.55. The predicted octanol–water partition coefficient (Wildman–Crippen LogP) is 6.36. The van der Waals surface area contributed by atoms with E-state index in [-0.39, 0.29) is 0 Å². The topological polar surface area (TPSA) is 17.8 Å². The molecule has 0 saturated heterocycles. The van der Waals surface area contributed by atoms with Gasteiger partial charge in [0.15, 0.2) is 0 Å². The summed E-state index contributed by atoms with van der Waals surface area (Å²) in [5, 5.41) is 1.24. The molecule has 0 fully saturated rings. The number of rotatable bonds is 3. The zero-order chi connectivity index (χ0) is 18.1. The van der Waals surface area contributed by atoms with Gasteiger partial charge in [-0.05, 0) is 42.0 Å². The van der Waals surface area contributed by atoms with Gasteiger partial charge in [0.1, 0.15) is 0 Å². The summed E-state index contributed by atoms with van der Waals surface area (Å²) in [7, 11) is 0. The van der Waals surface area contributed by atoms with Crippen molar-refractivity contribution in [3.05, 3.63) is 109 Å². The van der Waals surface area contributed by atoms with Crippen LogP contribution in [0.2, 0.25) is 0 Å². The van der Waals surface area contributed by atoms with Crippen LogP contribution in [-0.4, -0.2) is 9.55 Å². The van der Waals surface area contributed by atoms with Gasteiger partial charge in [-0.15, -0.1) is 0 Å². The number of pyridine rings is 1. The summed E-state index contributed by atoms with van der Waals surface area (Å²) in [6.45, 7) is 0. The number of hydrogen-bond donors (Lipinski definition) is 0. The van der Waals surface area contributed by atoms with E-state index < -0.39 is 0 Å². The third-order valence-corrected chi connectivity index (χ3v) is 4.87. The van der Waals surface area contributed by atoms with Gasteiger partial charge in [-0.1, -0.05) is 66.7 Å². The minimum atomic E-state index is 0.990. The van der Waals surface area contributed by atoms with E-state index in [9.17, 15) is 0 Å². The highest BCUT2D eigenvalue weighted by Crippen LogP contribution is 2.32. The summed E-state index contributed by atoms with van der Waals surface area (Å²) in [4.78, 5) is 4.45. The lowest BCUT2D eigenvalue weighted by Gasteiger charge is -2.12. The Morgan fingerprint density at radius 3 is 2.11 bits per heavy atom. The van der Waals surface area contributed by atoms with E-state index in [2.05, 4.69) is 94.5 Å². The third-order valence-electron chi connectivity index (χ3n) is 4.87. The van der Waals surface area contributed by atoms with Crippen LogP contribution in [-0.2, 0) is 0 Å². The molecule has 2 heterocycles. The largest absolute Gasteiger partial charge is 0.309 e. The van der Waals surface area contributed by atoms with Gasteiger partial charge in [0.05, 0.1) is 16.9 Å². The van der Waals surface area contributed by atoms with Crippen molar-refractivity contribution in [3.8, 4) is 28.2 Å². The van der Waals surface area contributed by atoms with Crippen molar-refractivity contribution < 1.29 is 0 Å². The lowest BCUT2D eigenvalue weighted by molar-refractivity contribution is 1.13. The normalized spacial score (nSPS) is 11.0. The highest BCUT2D eigenvalue weighted by atomic mass is 15.0. The molecule has 0 aliphatic rings. The Labute approximate surface area is 158 Å². The summed E-state index contributed by atoms with van der Waals surface area (Å²) >= 11 is 0. The maximum atomic E-state index is 4.45. The first kappa shape index (κ1) is 15.6. The molecule has 0 bridgehead atoms. The molecule has 5 rings (SSSR count). The van der Waals surface area contributed by atoms with Crippen LogP contribution >= 0.6 is 0 Å². The molecule has 0 amide bonds. The van der Waals surface area contributed by atoms with Gasteiger partial charge in [0.2, 0.25) is 0 Å². The van der Waals surface area contributed by atoms with Crippen LogP contribution in [0, 0.1) is 0 Å². The Hall–Kier alpha value is -3.65. The van der Waals surface area contributed by atoms with Gasteiger partial charge in [-0.3, -0.25) is 4.98 Å². The van der Waals surface area contributed by atoms with Crippen molar-refractivity contribution in [2.75, 3.05) is 0 Å². The molecule has 0 aliphatic heterocycles. The molecule has 5 aromatic rings. The zero-order valence-electron chi connectivity index (χ0n) is 14.8. The molecule has 0 saturated carbocycles. The molecule has 2 nitrogen and oxygen atoms in total. The van der Waals surface area contributed by atoms with Crippen molar-refractivity contribution in [2.24, 2.45) is 0 Å². The van der Waals surface area contributed by atoms with E-state index in [4.69, 9.17) is 0 Å². The number of para-hydroxylation sites is 1. The van der Waals surface area contributed by atoms with Crippen LogP contribution in [0.5, 0.6) is 0 Å². The van der Waals surface area contributed by atoms with Gasteiger partial charge >= 0.3 is 0 Å². The van der Waals surface area contributed by atoms with E-state index >= 15 is 0 Å². The summed E-state index contributed by atoms with van der Waals surface area (Å²) in [5.41, 5.74) is 6.88. The quantitative estimate of drug-likeness (QED) is 0.372. The smallest absolute Gasteiger partial charge is 0.0701 e. The molecule has 3 aromatic carbocycles. The standard InChI is InChI=1S/C25H18N2/c1-2-8-20(9-3-1)25-18-21-10-4-5-12-24(21)27(25)22-15-13-19(14-16-22)23-11-6-7-17-26-23/h1-18H. The van der Waals surface area contributed by atoms with Crippen molar-refractivity contribution in [2.45, 2.75) is 0 Å². The molecule has 0 spiro atoms. The number of nitrogens with zero attached hydrogens (tertiary/aromatic N) is 2. The van der Waals surface area contributed by atoms with Crippen LogP contribution in [0.25, 0.3) is 39.1 Å². The van der Waals surface area contributed by atoms with Gasteiger partial charge in [0.25, 0.3) is 0 Å². The van der Waals surface area contributed by atoms with Gasteiger partial charge in [-0.25, -0.2) is 0 Å². The van der Waals surface area contributed by atoms with E-state index in [1.807, 2.05) is 24.4 Å². The van der Waals surface area contributed by atoms with Crippen LogP contribution in [0.3, 0.4) is 0 Å². The molecule has 2 aromatic heterocycles. The first-order valence-corrected chi connectivity index (χ1v) is 9.08. The fraction of sp³-hybridized carbons (Fsp3) is 0. The van der Waals surface area contributed by atoms with Crippen molar-refractivity contribution in [1.82, 2.24) is 9.55 Å². The lowest BCUT2D eigenvalue weighted by atomic mass is 10.1. The number of fused-ring (bicyclic) bond motifs is 1. The number of benzene rings is 3. The molecule has 0 N–H and O–H groups in total. The molecular weight excluding hydrogens is 328 g/mol. The van der Waals surface area contributed by atoms with Crippen LogP contribution in [0.15, 0.2) is 109 Å². The maximum Gasteiger partial charge on any atom is 0.0701 e. The van der Waals surface area contributed by atoms with Crippen LogP contribution in [0.4, 0.5) is 0 Å². The van der Waals surface area contributed by atoms with Gasteiger partial charge in [0, 0.05) is 22.8 Å². The fourth-order valence-corrected chi connectivity index (χ4v) is 3.57. The van der Waals surface area contributed by atoms with Crippen molar-refractivity contribution >= 4 is 10.9 Å². The Morgan fingerprint density at radius 2 is 1.33 bits per heavy atom. The Morgan fingerprint density at radius 1 is 0.593 bits per heavy atom. The average Bonchev–Trinajstić information content (AvgIpc) is 3.15. The van der Waals surface area contributed by atoms with E-state index in [1.165, 1.54) is 22.2 Å². The molecule has 0 unspecified atom stereocenters. The Kier molecular flexibility index (Phi) is 3.80. The minimum absolute atomic E-state index is 0.990. The summed E-state index contributed by atoms with van der Waals surface area (Å²) in [5.74, 6) is 0. The first-order chi connectivity index (χ1) is 13.4. The van der Waals surface area contributed by atoms with Crippen LogP contribution in [0.1, 0.15) is 0 Å². The molecule has 0 aliphatic carbocycles. The second kappa shape index (κ2) is 6.58. The molecule has 27 heavy (non-hydrogen) atoms. The van der Waals surface area contributed by atoms with Crippen molar-refractivity contribution in [3.63, 3.8) is 0 Å². The molecule has 128 valence electrons. The molecule has 2 heteroatoms. The minimum Gasteiger partial charge on any atom is -0.309 e. The monoisotopic (exact) mass is 346 g/mol. The van der Waals surface area contributed by atoms with E-state index in [1.54, 1.807) is 0 Å². The number of hydrogen-bond acceptors (Lipinski definition) is 1. The SMILES string of the molecule is c1ccc(-c2cc3ccccc3n2-c2ccc(-c3ccccn3)cc2)cc1. The maximum absolute atomic E-state index is 4.45. The van der Waals surface area contributed by atoms with E-state index in [0.29, 0.717) is 0 Å². The van der Waals surface area contributed by atoms with Crippen LogP contribution < -0.4 is 0 Å². The van der Waals surface area contributed by atoms with Gasteiger partial charge in [-0.2, -0.15) is 0 Å². The highest BCUT2D eigenvalue weighted by Gasteiger charge is 2.12. The Bertz CT molecular complexity index is 1190. The summed E-state index contributed by atoms with van der Waals surface area (Å²) < 4.78 is 2.33. The predicted molar refractivity (Wildman–Crippen MR) is 112 cm³/mol. The molecule has 0 radical (unpaired) electrons. The highest BCUT2D eigenvalue weighted by molar-refractivity contribution is 5.89. The fourth-order valence-electron chi connectivity index (χ4n) is 3.57. The Balaban J connectivity index is 1.68. The van der Waals surface area contributed by atoms with Gasteiger partial charge < -0.3 is 4.57 Å². The van der Waals surface area contributed by atoms with E-state index in [0.717, 1.165) is 16.9 Å². The third kappa shape index (κ3) is 2.81.